The molecule has 0 aliphatic carbocycles. The Morgan fingerprint density at radius 2 is 1.50 bits per heavy atom. The molecule has 0 radical (unpaired) electrons. The molecule has 34 heavy (non-hydrogen) atoms. The van der Waals surface area contributed by atoms with Gasteiger partial charge in [0.15, 0.2) is 0 Å². The van der Waals surface area contributed by atoms with E-state index in [9.17, 15) is 0 Å². The lowest BCUT2D eigenvalue weighted by atomic mass is 9.93. The highest BCUT2D eigenvalue weighted by Gasteiger charge is 2.12. The number of thiophene rings is 1. The van der Waals surface area contributed by atoms with Gasteiger partial charge in [0, 0.05) is 31.9 Å². The van der Waals surface area contributed by atoms with Crippen LogP contribution in [0.2, 0.25) is 0 Å². The Labute approximate surface area is 204 Å². The molecule has 0 aliphatic rings. The van der Waals surface area contributed by atoms with Crippen molar-refractivity contribution in [3.63, 3.8) is 0 Å². The average molecular weight is 458 g/mol. The van der Waals surface area contributed by atoms with Crippen LogP contribution in [-0.2, 0) is 0 Å². The molecule has 0 fully saturated rings. The van der Waals surface area contributed by atoms with E-state index in [-0.39, 0.29) is 0 Å². The zero-order valence-corrected chi connectivity index (χ0v) is 20.4. The smallest absolute Gasteiger partial charge is 0.0705 e. The van der Waals surface area contributed by atoms with Crippen LogP contribution in [0.15, 0.2) is 97.2 Å². The monoisotopic (exact) mass is 457 g/mol. The molecule has 1 nitrogen and oxygen atoms in total. The van der Waals surface area contributed by atoms with Crippen molar-refractivity contribution < 1.29 is 0 Å². The number of nitrogens with zero attached hydrogens (tertiary/aromatic N) is 1. The standard InChI is InChI=1S/C32H27NS/c1-3-21(4-2)23-16-17-33-30(19-23)25-12-14-28-29-18-24(13-15-31(29)34-32(28)20-25)27-11-7-9-22-8-5-6-10-26(22)27/h5-21H,3-4H2,1-2H3. The molecule has 0 spiro atoms. The van der Waals surface area contributed by atoms with Crippen molar-refractivity contribution in [2.75, 3.05) is 0 Å². The van der Waals surface area contributed by atoms with Crippen LogP contribution in [0, 0.1) is 0 Å². The number of hydrogen-bond donors (Lipinski definition) is 0. The van der Waals surface area contributed by atoms with Crippen molar-refractivity contribution in [3.05, 3.63) is 103 Å². The second-order valence-electron chi connectivity index (χ2n) is 9.04. The Bertz CT molecular complexity index is 1630. The number of fused-ring (bicyclic) bond motifs is 4. The molecule has 2 aromatic heterocycles. The highest BCUT2D eigenvalue weighted by Crippen LogP contribution is 2.39. The van der Waals surface area contributed by atoms with Gasteiger partial charge >= 0.3 is 0 Å². The predicted octanol–water partition coefficient (Wildman–Crippen LogP) is 9.84. The fourth-order valence-electron chi connectivity index (χ4n) is 5.20. The number of hydrogen-bond acceptors (Lipinski definition) is 2. The first kappa shape index (κ1) is 21.1. The fourth-order valence-corrected chi connectivity index (χ4v) is 6.33. The van der Waals surface area contributed by atoms with Crippen LogP contribution in [0.25, 0.3) is 53.3 Å². The highest BCUT2D eigenvalue weighted by molar-refractivity contribution is 7.25. The Hall–Kier alpha value is -3.49. The summed E-state index contributed by atoms with van der Waals surface area (Å²) in [5.41, 5.74) is 6.22. The van der Waals surface area contributed by atoms with E-state index in [1.165, 1.54) is 53.2 Å². The summed E-state index contributed by atoms with van der Waals surface area (Å²) < 4.78 is 2.65. The summed E-state index contributed by atoms with van der Waals surface area (Å²) in [6, 6.07) is 33.4. The van der Waals surface area contributed by atoms with E-state index in [1.807, 2.05) is 17.5 Å². The molecule has 4 aromatic carbocycles. The Balaban J connectivity index is 1.45. The van der Waals surface area contributed by atoms with E-state index < -0.39 is 0 Å². The lowest BCUT2D eigenvalue weighted by Crippen LogP contribution is -1.96. The largest absolute Gasteiger partial charge is 0.256 e. The average Bonchev–Trinajstić information content (AvgIpc) is 3.26. The first-order valence-corrected chi connectivity index (χ1v) is 13.0. The van der Waals surface area contributed by atoms with Gasteiger partial charge < -0.3 is 0 Å². The SMILES string of the molecule is CCC(CC)c1ccnc(-c2ccc3c(c2)sc2ccc(-c4cccc5ccccc45)cc23)c1. The topological polar surface area (TPSA) is 12.9 Å². The third-order valence-corrected chi connectivity index (χ3v) is 8.24. The molecular formula is C32H27NS. The molecule has 6 aromatic rings. The van der Waals surface area contributed by atoms with Gasteiger partial charge in [-0.05, 0) is 76.6 Å². The van der Waals surface area contributed by atoms with Gasteiger partial charge in [0.05, 0.1) is 5.69 Å². The summed E-state index contributed by atoms with van der Waals surface area (Å²) in [6.07, 6.45) is 4.29. The minimum absolute atomic E-state index is 0.599. The van der Waals surface area contributed by atoms with Crippen molar-refractivity contribution in [2.24, 2.45) is 0 Å². The van der Waals surface area contributed by atoms with Crippen LogP contribution in [0.5, 0.6) is 0 Å². The number of benzene rings is 4. The summed E-state index contributed by atoms with van der Waals surface area (Å²) in [4.78, 5) is 4.71. The van der Waals surface area contributed by atoms with Gasteiger partial charge in [0.1, 0.15) is 0 Å². The maximum Gasteiger partial charge on any atom is 0.0705 e. The van der Waals surface area contributed by atoms with Gasteiger partial charge in [-0.25, -0.2) is 0 Å². The molecule has 0 amide bonds. The second kappa shape index (κ2) is 8.70. The molecule has 0 unspecified atom stereocenters. The number of pyridine rings is 1. The van der Waals surface area contributed by atoms with Gasteiger partial charge in [0.25, 0.3) is 0 Å². The van der Waals surface area contributed by atoms with Crippen molar-refractivity contribution in [1.29, 1.82) is 0 Å². The molecule has 166 valence electrons. The molecule has 2 heterocycles. The second-order valence-corrected chi connectivity index (χ2v) is 10.1. The molecule has 2 heteroatoms. The normalized spacial score (nSPS) is 11.7. The van der Waals surface area contributed by atoms with Crippen LogP contribution >= 0.6 is 11.3 Å². The van der Waals surface area contributed by atoms with Crippen LogP contribution in [0.4, 0.5) is 0 Å². The number of rotatable bonds is 5. The third kappa shape index (κ3) is 3.59. The van der Waals surface area contributed by atoms with Gasteiger partial charge in [-0.3, -0.25) is 4.98 Å². The van der Waals surface area contributed by atoms with Gasteiger partial charge in [-0.2, -0.15) is 0 Å². The maximum absolute atomic E-state index is 4.71. The summed E-state index contributed by atoms with van der Waals surface area (Å²) in [5.74, 6) is 0.599. The van der Waals surface area contributed by atoms with Gasteiger partial charge in [-0.1, -0.05) is 74.5 Å². The van der Waals surface area contributed by atoms with E-state index in [2.05, 4.69) is 105 Å². The molecular weight excluding hydrogens is 430 g/mol. The number of aromatic nitrogens is 1. The Kier molecular flexibility index (Phi) is 5.39. The molecule has 0 N–H and O–H groups in total. The summed E-state index contributed by atoms with van der Waals surface area (Å²) in [6.45, 7) is 4.54. The van der Waals surface area contributed by atoms with Crippen molar-refractivity contribution in [2.45, 2.75) is 32.6 Å². The van der Waals surface area contributed by atoms with E-state index in [0.717, 1.165) is 18.5 Å². The van der Waals surface area contributed by atoms with E-state index in [0.29, 0.717) is 5.92 Å². The van der Waals surface area contributed by atoms with Crippen LogP contribution in [0.3, 0.4) is 0 Å². The van der Waals surface area contributed by atoms with Gasteiger partial charge in [0.2, 0.25) is 0 Å². The Morgan fingerprint density at radius 3 is 2.38 bits per heavy atom. The van der Waals surface area contributed by atoms with Crippen molar-refractivity contribution >= 4 is 42.3 Å². The summed E-state index contributed by atoms with van der Waals surface area (Å²) in [7, 11) is 0. The van der Waals surface area contributed by atoms with Crippen LogP contribution < -0.4 is 0 Å². The summed E-state index contributed by atoms with van der Waals surface area (Å²) >= 11 is 1.87. The molecule has 0 aliphatic heterocycles. The molecule has 0 saturated carbocycles. The lowest BCUT2D eigenvalue weighted by molar-refractivity contribution is 0.641. The fraction of sp³-hybridized carbons (Fsp3) is 0.156. The lowest BCUT2D eigenvalue weighted by Gasteiger charge is -2.13. The van der Waals surface area contributed by atoms with Crippen LogP contribution in [0.1, 0.15) is 38.2 Å². The minimum Gasteiger partial charge on any atom is -0.256 e. The third-order valence-electron chi connectivity index (χ3n) is 7.11. The summed E-state index contributed by atoms with van der Waals surface area (Å²) in [5, 5.41) is 5.23. The van der Waals surface area contributed by atoms with Gasteiger partial charge in [-0.15, -0.1) is 11.3 Å². The van der Waals surface area contributed by atoms with E-state index >= 15 is 0 Å². The predicted molar refractivity (Wildman–Crippen MR) is 149 cm³/mol. The van der Waals surface area contributed by atoms with Crippen molar-refractivity contribution in [1.82, 2.24) is 4.98 Å². The zero-order valence-electron chi connectivity index (χ0n) is 19.6. The first-order valence-electron chi connectivity index (χ1n) is 12.2. The molecule has 0 saturated heterocycles. The molecule has 6 rings (SSSR count). The minimum atomic E-state index is 0.599. The van der Waals surface area contributed by atoms with Crippen LogP contribution in [-0.4, -0.2) is 4.98 Å². The van der Waals surface area contributed by atoms with Crippen molar-refractivity contribution in [3.8, 4) is 22.4 Å². The molecule has 0 atom stereocenters. The van der Waals surface area contributed by atoms with E-state index in [1.54, 1.807) is 0 Å². The van der Waals surface area contributed by atoms with E-state index in [4.69, 9.17) is 4.98 Å². The maximum atomic E-state index is 4.71. The highest BCUT2D eigenvalue weighted by atomic mass is 32.1. The zero-order chi connectivity index (χ0) is 23.1. The molecule has 0 bridgehead atoms. The quantitative estimate of drug-likeness (QED) is 0.251. The Morgan fingerprint density at radius 1 is 0.676 bits per heavy atom. The first-order chi connectivity index (χ1) is 16.7.